The average molecular weight is 281 g/mol. The van der Waals surface area contributed by atoms with E-state index in [9.17, 15) is 0 Å². The molecule has 0 fully saturated rings. The Morgan fingerprint density at radius 1 is 1.19 bits per heavy atom. The first-order valence-corrected chi connectivity index (χ1v) is 7.03. The summed E-state index contributed by atoms with van der Waals surface area (Å²) in [6.07, 6.45) is 5.92. The van der Waals surface area contributed by atoms with E-state index < -0.39 is 0 Å². The summed E-state index contributed by atoms with van der Waals surface area (Å²) in [6, 6.07) is 12.6. The Kier molecular flexibility index (Phi) is 3.73. The number of aromatic nitrogens is 2. The van der Waals surface area contributed by atoms with Crippen LogP contribution in [0.5, 0.6) is 0 Å². The molecule has 5 heteroatoms. The molecule has 2 heterocycles. The Morgan fingerprint density at radius 3 is 2.62 bits per heavy atom. The lowest BCUT2D eigenvalue weighted by molar-refractivity contribution is 0.710. The van der Waals surface area contributed by atoms with Crippen LogP contribution in [0.2, 0.25) is 0 Å². The first-order valence-electron chi connectivity index (χ1n) is 7.03. The second kappa shape index (κ2) is 5.83. The summed E-state index contributed by atoms with van der Waals surface area (Å²) in [6.45, 7) is 2.72. The van der Waals surface area contributed by atoms with Crippen LogP contribution in [0, 0.1) is 0 Å². The summed E-state index contributed by atoms with van der Waals surface area (Å²) in [5.41, 5.74) is 1.25. The fourth-order valence-corrected chi connectivity index (χ4v) is 2.26. The fourth-order valence-electron chi connectivity index (χ4n) is 2.26. The van der Waals surface area contributed by atoms with E-state index in [1.165, 1.54) is 5.56 Å². The number of benzene rings is 1. The van der Waals surface area contributed by atoms with Crippen molar-refractivity contribution in [3.63, 3.8) is 0 Å². The van der Waals surface area contributed by atoms with Crippen molar-refractivity contribution in [1.82, 2.24) is 15.1 Å². The highest BCUT2D eigenvalue weighted by Gasteiger charge is 2.12. The molecule has 0 radical (unpaired) electrons. The van der Waals surface area contributed by atoms with Crippen LogP contribution in [0.3, 0.4) is 0 Å². The van der Waals surface area contributed by atoms with Gasteiger partial charge in [0.1, 0.15) is 12.5 Å². The van der Waals surface area contributed by atoms with Crippen molar-refractivity contribution >= 4 is 11.7 Å². The molecule has 1 aliphatic heterocycles. The lowest BCUT2D eigenvalue weighted by Crippen LogP contribution is -2.31. The Hall–Kier alpha value is -2.56. The van der Waals surface area contributed by atoms with Gasteiger partial charge < -0.3 is 10.2 Å². The van der Waals surface area contributed by atoms with Crippen LogP contribution < -0.4 is 10.2 Å². The zero-order valence-electron chi connectivity index (χ0n) is 12.3. The maximum Gasteiger partial charge on any atom is 0.156 e. The zero-order valence-corrected chi connectivity index (χ0v) is 12.3. The monoisotopic (exact) mass is 281 g/mol. The van der Waals surface area contributed by atoms with Gasteiger partial charge in [0.25, 0.3) is 0 Å². The van der Waals surface area contributed by atoms with Gasteiger partial charge in [-0.1, -0.05) is 30.3 Å². The molecular weight excluding hydrogens is 262 g/mol. The molecule has 0 aliphatic carbocycles. The number of hydrogen-bond donors (Lipinski definition) is 1. The number of aliphatic imine (C=N–C) groups is 1. The molecule has 5 nitrogen and oxygen atoms in total. The average Bonchev–Trinajstić information content (AvgIpc) is 2.95. The predicted octanol–water partition coefficient (Wildman–Crippen LogP) is 2.46. The molecular formula is C16H19N5. The Bertz CT molecular complexity index is 656. The number of amidine groups is 1. The number of hydrogen-bond acceptors (Lipinski definition) is 4. The van der Waals surface area contributed by atoms with E-state index in [-0.39, 0.29) is 6.04 Å². The number of aryl methyl sites for hydroxylation is 1. The number of anilines is 1. The molecule has 21 heavy (non-hydrogen) atoms. The standard InChI is InChI=1S/C16H19N5/c1-13(14-6-4-3-5-7-14)18-15-8-11-21(12-17-15)16-9-10-20(2)19-16/h3-11,13H,12H2,1-2H3,(H,17,18). The molecule has 0 saturated heterocycles. The van der Waals surface area contributed by atoms with E-state index in [1.54, 1.807) is 4.68 Å². The van der Waals surface area contributed by atoms with E-state index >= 15 is 0 Å². The Balaban J connectivity index is 1.62. The van der Waals surface area contributed by atoms with Crippen molar-refractivity contribution in [2.24, 2.45) is 12.0 Å². The maximum absolute atomic E-state index is 4.56. The van der Waals surface area contributed by atoms with Crippen molar-refractivity contribution in [1.29, 1.82) is 0 Å². The summed E-state index contributed by atoms with van der Waals surface area (Å²) < 4.78 is 1.79. The molecule has 1 aromatic heterocycles. The zero-order chi connectivity index (χ0) is 14.7. The summed E-state index contributed by atoms with van der Waals surface area (Å²) in [7, 11) is 1.91. The number of nitrogens with one attached hydrogen (secondary N) is 1. The molecule has 1 N–H and O–H groups in total. The third-order valence-electron chi connectivity index (χ3n) is 3.46. The van der Waals surface area contributed by atoms with Crippen LogP contribution in [0.15, 0.2) is 59.9 Å². The molecule has 0 bridgehead atoms. The van der Waals surface area contributed by atoms with Crippen molar-refractivity contribution in [3.05, 3.63) is 60.4 Å². The van der Waals surface area contributed by atoms with Crippen LogP contribution in [-0.2, 0) is 7.05 Å². The van der Waals surface area contributed by atoms with Gasteiger partial charge in [-0.25, -0.2) is 4.99 Å². The van der Waals surface area contributed by atoms with Crippen molar-refractivity contribution in [3.8, 4) is 0 Å². The van der Waals surface area contributed by atoms with Gasteiger partial charge in [-0.2, -0.15) is 5.10 Å². The quantitative estimate of drug-likeness (QED) is 0.940. The van der Waals surface area contributed by atoms with E-state index in [0.29, 0.717) is 6.67 Å². The minimum atomic E-state index is 0.232. The molecule has 0 spiro atoms. The van der Waals surface area contributed by atoms with Gasteiger partial charge in [-0.3, -0.25) is 4.68 Å². The molecule has 1 unspecified atom stereocenters. The van der Waals surface area contributed by atoms with Crippen molar-refractivity contribution < 1.29 is 0 Å². The van der Waals surface area contributed by atoms with E-state index in [1.807, 2.05) is 42.6 Å². The van der Waals surface area contributed by atoms with Crippen molar-refractivity contribution in [2.75, 3.05) is 11.6 Å². The highest BCUT2D eigenvalue weighted by molar-refractivity contribution is 5.94. The van der Waals surface area contributed by atoms with Crippen LogP contribution in [0.4, 0.5) is 5.82 Å². The molecule has 1 aliphatic rings. The lowest BCUT2D eigenvalue weighted by Gasteiger charge is -2.22. The Morgan fingerprint density at radius 2 is 2.00 bits per heavy atom. The van der Waals surface area contributed by atoms with Gasteiger partial charge in [-0.05, 0) is 18.6 Å². The third-order valence-corrected chi connectivity index (χ3v) is 3.46. The molecule has 2 aromatic rings. The van der Waals surface area contributed by atoms with Gasteiger partial charge >= 0.3 is 0 Å². The maximum atomic E-state index is 4.56. The Labute approximate surface area is 124 Å². The smallest absolute Gasteiger partial charge is 0.156 e. The molecule has 0 saturated carbocycles. The molecule has 108 valence electrons. The first-order chi connectivity index (χ1) is 10.2. The topological polar surface area (TPSA) is 45.5 Å². The first kappa shape index (κ1) is 13.4. The summed E-state index contributed by atoms with van der Waals surface area (Å²) in [5.74, 6) is 1.81. The molecule has 1 atom stereocenters. The van der Waals surface area contributed by atoms with E-state index in [2.05, 4.69) is 46.6 Å². The minimum Gasteiger partial charge on any atom is -0.364 e. The van der Waals surface area contributed by atoms with Crippen LogP contribution in [0.1, 0.15) is 18.5 Å². The van der Waals surface area contributed by atoms with E-state index in [0.717, 1.165) is 11.7 Å². The molecule has 1 aromatic carbocycles. The number of nitrogens with zero attached hydrogens (tertiary/aromatic N) is 4. The molecule has 3 rings (SSSR count). The number of rotatable bonds is 3. The predicted molar refractivity (Wildman–Crippen MR) is 85.1 cm³/mol. The van der Waals surface area contributed by atoms with Gasteiger partial charge in [0.2, 0.25) is 0 Å². The molecule has 0 amide bonds. The lowest BCUT2D eigenvalue weighted by atomic mass is 10.1. The normalized spacial score (nSPS) is 15.7. The van der Waals surface area contributed by atoms with Gasteiger partial charge in [0.05, 0.1) is 0 Å². The minimum absolute atomic E-state index is 0.232. The van der Waals surface area contributed by atoms with Gasteiger partial charge in [-0.15, -0.1) is 0 Å². The summed E-state index contributed by atoms with van der Waals surface area (Å²) in [5, 5.41) is 7.79. The second-order valence-corrected chi connectivity index (χ2v) is 5.09. The SMILES string of the molecule is CC(NC1=NCN(c2ccn(C)n2)C=C1)c1ccccc1. The fraction of sp³-hybridized carbons (Fsp3) is 0.250. The second-order valence-electron chi connectivity index (χ2n) is 5.09. The van der Waals surface area contributed by atoms with Gasteiger partial charge in [0, 0.05) is 31.6 Å². The van der Waals surface area contributed by atoms with Crippen LogP contribution in [0.25, 0.3) is 0 Å². The highest BCUT2D eigenvalue weighted by Crippen LogP contribution is 2.15. The van der Waals surface area contributed by atoms with Crippen LogP contribution in [-0.4, -0.2) is 22.3 Å². The summed E-state index contributed by atoms with van der Waals surface area (Å²) in [4.78, 5) is 6.57. The highest BCUT2D eigenvalue weighted by atomic mass is 15.4. The summed E-state index contributed by atoms with van der Waals surface area (Å²) >= 11 is 0. The van der Waals surface area contributed by atoms with Gasteiger partial charge in [0.15, 0.2) is 5.82 Å². The van der Waals surface area contributed by atoms with Crippen LogP contribution >= 0.6 is 0 Å². The largest absolute Gasteiger partial charge is 0.364 e. The third kappa shape index (κ3) is 3.13. The van der Waals surface area contributed by atoms with Crippen molar-refractivity contribution in [2.45, 2.75) is 13.0 Å². The van der Waals surface area contributed by atoms with E-state index in [4.69, 9.17) is 0 Å².